The molecule has 2 aliphatic rings. The average molecular weight is 465 g/mol. The van der Waals surface area contributed by atoms with Crippen LogP contribution in [0.25, 0.3) is 11.0 Å². The molecule has 3 aromatic rings. The molecule has 0 spiro atoms. The summed E-state index contributed by atoms with van der Waals surface area (Å²) in [4.78, 5) is 27.3. The second kappa shape index (κ2) is 9.24. The highest BCUT2D eigenvalue weighted by Crippen LogP contribution is 2.40. The van der Waals surface area contributed by atoms with E-state index in [0.717, 1.165) is 67.4 Å². The predicted octanol–water partition coefficient (Wildman–Crippen LogP) is 3.63. The molecule has 1 aromatic carbocycles. The zero-order chi connectivity index (χ0) is 23.8. The van der Waals surface area contributed by atoms with Crippen molar-refractivity contribution < 1.29 is 13.9 Å². The first-order valence-electron chi connectivity index (χ1n) is 12.3. The van der Waals surface area contributed by atoms with Crippen LogP contribution in [0.1, 0.15) is 61.5 Å². The predicted molar refractivity (Wildman–Crippen MR) is 129 cm³/mol. The van der Waals surface area contributed by atoms with Crippen LogP contribution in [0.2, 0.25) is 0 Å². The molecule has 0 N–H and O–H groups in total. The number of methoxy groups -OCH3 is 1. The van der Waals surface area contributed by atoms with Gasteiger partial charge in [0.15, 0.2) is 6.04 Å². The van der Waals surface area contributed by atoms with Crippen LogP contribution >= 0.6 is 0 Å². The normalized spacial score (nSPS) is 16.9. The maximum absolute atomic E-state index is 12.5. The van der Waals surface area contributed by atoms with Crippen molar-refractivity contribution in [2.45, 2.75) is 64.8 Å². The Morgan fingerprint density at radius 3 is 2.76 bits per heavy atom. The van der Waals surface area contributed by atoms with Crippen molar-refractivity contribution in [3.63, 3.8) is 0 Å². The van der Waals surface area contributed by atoms with Gasteiger partial charge >= 0.3 is 11.6 Å². The SMILES string of the molecule is CCC(C)[C@@H](C(=O)OC)n1cc(CCc2cc(=O)oc3c4c5c(cc23)CCCN5CCC4)nn1. The van der Waals surface area contributed by atoms with Gasteiger partial charge in [-0.15, -0.1) is 5.10 Å². The molecule has 0 amide bonds. The lowest BCUT2D eigenvalue weighted by Gasteiger charge is -2.37. The lowest BCUT2D eigenvalue weighted by molar-refractivity contribution is -0.146. The number of aryl methyl sites for hydroxylation is 4. The average Bonchev–Trinajstić information content (AvgIpc) is 3.31. The number of carbonyl (C=O) groups is 1. The van der Waals surface area contributed by atoms with Crippen molar-refractivity contribution in [1.29, 1.82) is 0 Å². The lowest BCUT2D eigenvalue weighted by Crippen LogP contribution is -2.34. The van der Waals surface area contributed by atoms with E-state index in [9.17, 15) is 9.59 Å². The first-order valence-corrected chi connectivity index (χ1v) is 12.3. The topological polar surface area (TPSA) is 90.5 Å². The number of carbonyl (C=O) groups excluding carboxylic acids is 1. The number of aromatic nitrogens is 3. The van der Waals surface area contributed by atoms with Crippen molar-refractivity contribution in [2.24, 2.45) is 5.92 Å². The van der Waals surface area contributed by atoms with Crippen molar-refractivity contribution in [2.75, 3.05) is 25.1 Å². The quantitative estimate of drug-likeness (QED) is 0.390. The van der Waals surface area contributed by atoms with E-state index in [-0.39, 0.29) is 17.5 Å². The fourth-order valence-corrected chi connectivity index (χ4v) is 5.51. The molecule has 0 bridgehead atoms. The second-order valence-corrected chi connectivity index (χ2v) is 9.57. The molecule has 0 saturated heterocycles. The number of rotatable bonds is 7. The summed E-state index contributed by atoms with van der Waals surface area (Å²) in [5.74, 6) is -0.238. The highest BCUT2D eigenvalue weighted by atomic mass is 16.5. The van der Waals surface area contributed by atoms with E-state index in [4.69, 9.17) is 9.15 Å². The summed E-state index contributed by atoms with van der Waals surface area (Å²) in [5.41, 5.74) is 6.06. The van der Waals surface area contributed by atoms with Gasteiger partial charge < -0.3 is 14.1 Å². The molecule has 5 rings (SSSR count). The van der Waals surface area contributed by atoms with E-state index in [2.05, 4.69) is 21.3 Å². The lowest BCUT2D eigenvalue weighted by atomic mass is 9.88. The summed E-state index contributed by atoms with van der Waals surface area (Å²) in [6, 6.07) is 3.35. The Labute approximate surface area is 198 Å². The largest absolute Gasteiger partial charge is 0.467 e. The summed E-state index contributed by atoms with van der Waals surface area (Å²) in [7, 11) is 1.40. The van der Waals surface area contributed by atoms with Gasteiger partial charge in [0, 0.05) is 42.0 Å². The molecule has 2 atom stereocenters. The molecule has 0 fully saturated rings. The van der Waals surface area contributed by atoms with Crippen LogP contribution in [-0.2, 0) is 35.2 Å². The number of hydrogen-bond donors (Lipinski definition) is 0. The Morgan fingerprint density at radius 1 is 1.21 bits per heavy atom. The first kappa shape index (κ1) is 22.6. The Balaban J connectivity index is 1.45. The molecule has 8 nitrogen and oxygen atoms in total. The van der Waals surface area contributed by atoms with Gasteiger partial charge in [-0.1, -0.05) is 25.5 Å². The van der Waals surface area contributed by atoms with Crippen molar-refractivity contribution in [1.82, 2.24) is 15.0 Å². The summed E-state index contributed by atoms with van der Waals surface area (Å²) in [6.07, 6.45) is 8.16. The molecule has 2 aromatic heterocycles. The number of fused-ring (bicyclic) bond motifs is 2. The van der Waals surface area contributed by atoms with E-state index in [1.807, 2.05) is 20.0 Å². The highest BCUT2D eigenvalue weighted by Gasteiger charge is 2.29. The van der Waals surface area contributed by atoms with Crippen molar-refractivity contribution in [3.05, 3.63) is 51.1 Å². The molecule has 180 valence electrons. The van der Waals surface area contributed by atoms with Gasteiger partial charge in [0.05, 0.1) is 12.8 Å². The van der Waals surface area contributed by atoms with Gasteiger partial charge in [-0.2, -0.15) is 0 Å². The number of esters is 1. The van der Waals surface area contributed by atoms with Gasteiger partial charge in [0.2, 0.25) is 0 Å². The van der Waals surface area contributed by atoms with Crippen LogP contribution in [0.3, 0.4) is 0 Å². The maximum atomic E-state index is 12.5. The Kier molecular flexibility index (Phi) is 6.15. The van der Waals surface area contributed by atoms with Gasteiger partial charge in [-0.05, 0) is 61.6 Å². The zero-order valence-corrected chi connectivity index (χ0v) is 20.2. The monoisotopic (exact) mass is 464 g/mol. The molecule has 0 aliphatic carbocycles. The van der Waals surface area contributed by atoms with Gasteiger partial charge in [0.1, 0.15) is 5.58 Å². The van der Waals surface area contributed by atoms with Crippen LogP contribution in [0.5, 0.6) is 0 Å². The Bertz CT molecular complexity index is 1280. The van der Waals surface area contributed by atoms with Gasteiger partial charge in [-0.3, -0.25) is 0 Å². The molecule has 0 radical (unpaired) electrons. The summed E-state index contributed by atoms with van der Waals surface area (Å²) < 4.78 is 12.4. The summed E-state index contributed by atoms with van der Waals surface area (Å²) >= 11 is 0. The van der Waals surface area contributed by atoms with Crippen LogP contribution in [0.15, 0.2) is 27.5 Å². The molecule has 34 heavy (non-hydrogen) atoms. The van der Waals surface area contributed by atoms with Crippen LogP contribution in [-0.4, -0.2) is 41.2 Å². The summed E-state index contributed by atoms with van der Waals surface area (Å²) in [5, 5.41) is 9.57. The Hall–Kier alpha value is -3.16. The number of ether oxygens (including phenoxy) is 1. The molecular formula is C26H32N4O4. The smallest absolute Gasteiger partial charge is 0.336 e. The summed E-state index contributed by atoms with van der Waals surface area (Å²) in [6.45, 7) is 6.20. The number of anilines is 1. The minimum atomic E-state index is -0.497. The molecule has 4 heterocycles. The molecule has 1 unspecified atom stereocenters. The zero-order valence-electron chi connectivity index (χ0n) is 20.2. The molecule has 0 saturated carbocycles. The van der Waals surface area contributed by atoms with Crippen LogP contribution in [0.4, 0.5) is 5.69 Å². The Morgan fingerprint density at radius 2 is 2.00 bits per heavy atom. The third-order valence-electron chi connectivity index (χ3n) is 7.43. The standard InChI is InChI=1S/C26H32N4O4/c1-4-16(2)23(26(32)33-3)30-15-19(27-28-30)10-9-17-14-22(31)34-25-20-8-6-12-29-11-5-7-18(24(20)29)13-21(17)25/h13-16,23H,4-12H2,1-3H3/t16?,23-/m0/s1. The molecule has 2 aliphatic heterocycles. The van der Waals surface area contributed by atoms with Crippen molar-refractivity contribution >= 4 is 22.6 Å². The first-order chi connectivity index (χ1) is 16.5. The fourth-order valence-electron chi connectivity index (χ4n) is 5.51. The number of benzene rings is 1. The van der Waals surface area contributed by atoms with E-state index in [0.29, 0.717) is 12.8 Å². The molecule has 8 heteroatoms. The number of hydrogen-bond acceptors (Lipinski definition) is 7. The minimum Gasteiger partial charge on any atom is -0.467 e. The second-order valence-electron chi connectivity index (χ2n) is 9.57. The maximum Gasteiger partial charge on any atom is 0.336 e. The van der Waals surface area contributed by atoms with E-state index < -0.39 is 6.04 Å². The minimum absolute atomic E-state index is 0.0763. The third-order valence-corrected chi connectivity index (χ3v) is 7.43. The number of nitrogens with zero attached hydrogens (tertiary/aromatic N) is 4. The highest BCUT2D eigenvalue weighted by molar-refractivity contribution is 5.90. The fraction of sp³-hybridized carbons (Fsp3) is 0.538. The molecular weight excluding hydrogens is 432 g/mol. The van der Waals surface area contributed by atoms with Crippen LogP contribution < -0.4 is 10.5 Å². The van der Waals surface area contributed by atoms with E-state index in [1.54, 1.807) is 10.7 Å². The van der Waals surface area contributed by atoms with Gasteiger partial charge in [0.25, 0.3) is 0 Å². The van der Waals surface area contributed by atoms with Crippen molar-refractivity contribution in [3.8, 4) is 0 Å². The van der Waals surface area contributed by atoms with E-state index >= 15 is 0 Å². The third kappa shape index (κ3) is 3.99. The van der Waals surface area contributed by atoms with Gasteiger partial charge in [-0.25, -0.2) is 14.3 Å². The van der Waals surface area contributed by atoms with Crippen LogP contribution in [0, 0.1) is 5.92 Å². The van der Waals surface area contributed by atoms with E-state index in [1.165, 1.54) is 23.9 Å².